The van der Waals surface area contributed by atoms with E-state index in [0.29, 0.717) is 17.5 Å². The minimum atomic E-state index is 0.593. The largest absolute Gasteiger partial charge is 0.454 e. The lowest BCUT2D eigenvalue weighted by Crippen LogP contribution is -2.00. The summed E-state index contributed by atoms with van der Waals surface area (Å²) in [5, 5.41) is 4.25. The van der Waals surface area contributed by atoms with Gasteiger partial charge in [-0.15, -0.1) is 0 Å². The molecular weight excluding hydrogens is 504 g/mol. The van der Waals surface area contributed by atoms with Crippen molar-refractivity contribution in [3.8, 4) is 45.3 Å². The first-order valence-electron chi connectivity index (χ1n) is 13.5. The predicted molar refractivity (Wildman–Crippen MR) is 164 cm³/mol. The van der Waals surface area contributed by atoms with Gasteiger partial charge in [0.25, 0.3) is 0 Å². The van der Waals surface area contributed by atoms with Crippen LogP contribution in [0.15, 0.2) is 138 Å². The molecule has 0 fully saturated rings. The normalized spacial score (nSPS) is 11.4. The highest BCUT2D eigenvalue weighted by Gasteiger charge is 2.18. The van der Waals surface area contributed by atoms with Crippen LogP contribution in [0.5, 0.6) is 0 Å². The van der Waals surface area contributed by atoms with Crippen molar-refractivity contribution in [2.75, 3.05) is 0 Å². The zero-order valence-electron chi connectivity index (χ0n) is 21.9. The third kappa shape index (κ3) is 4.12. The van der Waals surface area contributed by atoms with Crippen LogP contribution in [-0.4, -0.2) is 19.9 Å². The molecule has 0 bridgehead atoms. The van der Waals surface area contributed by atoms with E-state index in [9.17, 15) is 0 Å². The number of furan rings is 1. The third-order valence-corrected chi connectivity index (χ3v) is 7.43. The molecule has 41 heavy (non-hydrogen) atoms. The summed E-state index contributed by atoms with van der Waals surface area (Å²) in [6.45, 7) is 0. The monoisotopic (exact) mass is 526 g/mol. The second-order valence-electron chi connectivity index (χ2n) is 9.96. The van der Waals surface area contributed by atoms with Crippen molar-refractivity contribution in [1.29, 1.82) is 0 Å². The molecule has 5 heteroatoms. The molecule has 0 saturated heterocycles. The molecular formula is C36H22N4O. The molecule has 192 valence electrons. The van der Waals surface area contributed by atoms with Gasteiger partial charge in [0.15, 0.2) is 23.1 Å². The summed E-state index contributed by atoms with van der Waals surface area (Å²) in [4.78, 5) is 19.3. The van der Waals surface area contributed by atoms with Gasteiger partial charge in [-0.3, -0.25) is 4.98 Å². The molecule has 0 unspecified atom stereocenters. The minimum Gasteiger partial charge on any atom is -0.454 e. The first-order valence-corrected chi connectivity index (χ1v) is 13.5. The number of hydrogen-bond acceptors (Lipinski definition) is 5. The molecule has 0 saturated carbocycles. The zero-order valence-corrected chi connectivity index (χ0v) is 21.9. The Morgan fingerprint density at radius 1 is 0.463 bits per heavy atom. The van der Waals surface area contributed by atoms with E-state index >= 15 is 0 Å². The SMILES string of the molecule is c1ccc(-c2ccc(-c3nc(-c4ccc5ccccc5c4)nc(-c4cccc5oc6cnccc6c45)n3)cc2)cc1. The highest BCUT2D eigenvalue weighted by atomic mass is 16.3. The highest BCUT2D eigenvalue weighted by Crippen LogP contribution is 2.36. The predicted octanol–water partition coefficient (Wildman–Crippen LogP) is 8.99. The molecule has 8 rings (SSSR count). The van der Waals surface area contributed by atoms with Gasteiger partial charge in [0.05, 0.1) is 6.20 Å². The Labute approximate surface area is 235 Å². The Balaban J connectivity index is 1.34. The van der Waals surface area contributed by atoms with Gasteiger partial charge >= 0.3 is 0 Å². The summed E-state index contributed by atoms with van der Waals surface area (Å²) < 4.78 is 6.11. The molecule has 0 aliphatic carbocycles. The van der Waals surface area contributed by atoms with Crippen molar-refractivity contribution < 1.29 is 4.42 Å². The number of pyridine rings is 1. The van der Waals surface area contributed by atoms with Crippen LogP contribution in [0.2, 0.25) is 0 Å². The van der Waals surface area contributed by atoms with Gasteiger partial charge in [0.2, 0.25) is 0 Å². The number of aromatic nitrogens is 4. The van der Waals surface area contributed by atoms with Gasteiger partial charge in [-0.25, -0.2) is 15.0 Å². The fourth-order valence-corrected chi connectivity index (χ4v) is 5.39. The van der Waals surface area contributed by atoms with Crippen molar-refractivity contribution in [3.63, 3.8) is 0 Å². The van der Waals surface area contributed by atoms with Crippen LogP contribution in [0.4, 0.5) is 0 Å². The van der Waals surface area contributed by atoms with Gasteiger partial charge in [-0.1, -0.05) is 103 Å². The minimum absolute atomic E-state index is 0.593. The molecule has 0 N–H and O–H groups in total. The van der Waals surface area contributed by atoms with E-state index in [1.807, 2.05) is 54.6 Å². The van der Waals surface area contributed by atoms with E-state index in [1.54, 1.807) is 12.4 Å². The topological polar surface area (TPSA) is 64.7 Å². The quantitative estimate of drug-likeness (QED) is 0.229. The molecule has 0 spiro atoms. The van der Waals surface area contributed by atoms with Crippen LogP contribution in [-0.2, 0) is 0 Å². The molecule has 0 amide bonds. The van der Waals surface area contributed by atoms with E-state index in [4.69, 9.17) is 19.4 Å². The lowest BCUT2D eigenvalue weighted by atomic mass is 10.0. The maximum atomic E-state index is 6.11. The Hall–Kier alpha value is -5.68. The van der Waals surface area contributed by atoms with Gasteiger partial charge in [0.1, 0.15) is 5.58 Å². The van der Waals surface area contributed by atoms with Gasteiger partial charge < -0.3 is 4.42 Å². The number of rotatable bonds is 4. The maximum Gasteiger partial charge on any atom is 0.164 e. The van der Waals surface area contributed by atoms with Gasteiger partial charge in [-0.05, 0) is 40.1 Å². The highest BCUT2D eigenvalue weighted by molar-refractivity contribution is 6.11. The molecule has 0 aliphatic heterocycles. The van der Waals surface area contributed by atoms with Crippen LogP contribution in [0.3, 0.4) is 0 Å². The lowest BCUT2D eigenvalue weighted by Gasteiger charge is -2.10. The molecule has 3 aromatic heterocycles. The van der Waals surface area contributed by atoms with Crippen molar-refractivity contribution in [2.24, 2.45) is 0 Å². The number of hydrogen-bond donors (Lipinski definition) is 0. The molecule has 5 nitrogen and oxygen atoms in total. The van der Waals surface area contributed by atoms with Crippen LogP contribution < -0.4 is 0 Å². The molecule has 0 atom stereocenters. The Morgan fingerprint density at radius 3 is 2.00 bits per heavy atom. The number of fused-ring (bicyclic) bond motifs is 4. The number of benzene rings is 5. The maximum absolute atomic E-state index is 6.11. The van der Waals surface area contributed by atoms with Crippen molar-refractivity contribution in [3.05, 3.63) is 134 Å². The molecule has 8 aromatic rings. The summed E-state index contributed by atoms with van der Waals surface area (Å²) in [5.41, 5.74) is 6.55. The van der Waals surface area contributed by atoms with E-state index in [-0.39, 0.29) is 0 Å². The van der Waals surface area contributed by atoms with Crippen LogP contribution in [0.25, 0.3) is 78.0 Å². The average Bonchev–Trinajstić information content (AvgIpc) is 3.44. The molecule has 0 aliphatic rings. The average molecular weight is 527 g/mol. The summed E-state index contributed by atoms with van der Waals surface area (Å²) in [7, 11) is 0. The van der Waals surface area contributed by atoms with Crippen molar-refractivity contribution in [1.82, 2.24) is 19.9 Å². The van der Waals surface area contributed by atoms with E-state index in [2.05, 4.69) is 71.7 Å². The second kappa shape index (κ2) is 9.50. The first-order chi connectivity index (χ1) is 20.3. The van der Waals surface area contributed by atoms with Gasteiger partial charge in [-0.2, -0.15) is 0 Å². The Kier molecular flexibility index (Phi) is 5.38. The fourth-order valence-electron chi connectivity index (χ4n) is 5.39. The Morgan fingerprint density at radius 2 is 1.15 bits per heavy atom. The van der Waals surface area contributed by atoms with Crippen molar-refractivity contribution in [2.45, 2.75) is 0 Å². The molecule has 3 heterocycles. The summed E-state index contributed by atoms with van der Waals surface area (Å²) in [5.74, 6) is 1.83. The summed E-state index contributed by atoms with van der Waals surface area (Å²) in [6.07, 6.45) is 3.52. The summed E-state index contributed by atoms with van der Waals surface area (Å²) >= 11 is 0. The summed E-state index contributed by atoms with van der Waals surface area (Å²) in [6, 6.07) is 41.3. The second-order valence-corrected chi connectivity index (χ2v) is 9.96. The molecule has 5 aromatic carbocycles. The van der Waals surface area contributed by atoms with E-state index < -0.39 is 0 Å². The van der Waals surface area contributed by atoms with E-state index in [1.165, 1.54) is 10.9 Å². The Bertz CT molecular complexity index is 2200. The van der Waals surface area contributed by atoms with E-state index in [0.717, 1.165) is 49.6 Å². The smallest absolute Gasteiger partial charge is 0.164 e. The third-order valence-electron chi connectivity index (χ3n) is 7.43. The number of nitrogens with zero attached hydrogens (tertiary/aromatic N) is 4. The lowest BCUT2D eigenvalue weighted by molar-refractivity contribution is 0.667. The van der Waals surface area contributed by atoms with Crippen molar-refractivity contribution >= 4 is 32.7 Å². The standard InChI is InChI=1S/C36H22N4O/c1-2-7-23(8-3-1)25-13-16-26(17-14-25)34-38-35(28-18-15-24-9-4-5-10-27(24)21-28)40-36(39-34)30-11-6-12-31-33(30)29-19-20-37-22-32(29)41-31/h1-22H. The van der Waals surface area contributed by atoms with Crippen LogP contribution in [0, 0.1) is 0 Å². The van der Waals surface area contributed by atoms with Gasteiger partial charge in [0, 0.05) is 33.7 Å². The fraction of sp³-hybridized carbons (Fsp3) is 0. The first kappa shape index (κ1) is 23.2. The molecule has 0 radical (unpaired) electrons. The van der Waals surface area contributed by atoms with Crippen LogP contribution in [0.1, 0.15) is 0 Å². The van der Waals surface area contributed by atoms with Crippen LogP contribution >= 0.6 is 0 Å². The zero-order chi connectivity index (χ0) is 27.2.